The minimum atomic E-state index is -0.117. The van der Waals surface area contributed by atoms with Crippen molar-refractivity contribution in [1.29, 1.82) is 0 Å². The predicted molar refractivity (Wildman–Crippen MR) is 98.0 cm³/mol. The van der Waals surface area contributed by atoms with E-state index in [-0.39, 0.29) is 11.7 Å². The number of thiophene rings is 1. The number of pyridine rings is 1. The number of carbonyl (C=O) groups excluding carboxylic acids is 1. The lowest BCUT2D eigenvalue weighted by Gasteiger charge is -2.05. The molecular formula is C16H13ClN4OS2. The molecule has 0 radical (unpaired) electrons. The number of aryl methyl sites for hydroxylation is 2. The van der Waals surface area contributed by atoms with E-state index >= 15 is 0 Å². The van der Waals surface area contributed by atoms with Crippen LogP contribution in [0.15, 0.2) is 29.7 Å². The zero-order chi connectivity index (χ0) is 16.5. The third kappa shape index (κ3) is 3.11. The number of hydrogen-bond donors (Lipinski definition) is 1. The van der Waals surface area contributed by atoms with Crippen LogP contribution in [0.4, 0.5) is 5.82 Å². The van der Waals surface area contributed by atoms with Crippen LogP contribution >= 0.6 is 34.7 Å². The number of rotatable bonds is 4. The quantitative estimate of drug-likeness (QED) is 0.551. The van der Waals surface area contributed by atoms with Gasteiger partial charge in [0.1, 0.15) is 22.0 Å². The fourth-order valence-electron chi connectivity index (χ4n) is 2.77. The zero-order valence-electron chi connectivity index (χ0n) is 12.6. The van der Waals surface area contributed by atoms with Crippen LogP contribution in [0.5, 0.6) is 0 Å². The molecule has 0 saturated heterocycles. The van der Waals surface area contributed by atoms with E-state index in [0.29, 0.717) is 10.8 Å². The molecule has 8 heteroatoms. The maximum atomic E-state index is 12.1. The van der Waals surface area contributed by atoms with Gasteiger partial charge in [0.15, 0.2) is 0 Å². The number of anilines is 1. The van der Waals surface area contributed by atoms with Crippen LogP contribution in [0.2, 0.25) is 5.02 Å². The minimum absolute atomic E-state index is 0.117. The lowest BCUT2D eigenvalue weighted by atomic mass is 10.2. The maximum Gasteiger partial charge on any atom is 0.235 e. The van der Waals surface area contributed by atoms with Crippen LogP contribution in [0.25, 0.3) is 10.2 Å². The van der Waals surface area contributed by atoms with Gasteiger partial charge < -0.3 is 5.32 Å². The predicted octanol–water partition coefficient (Wildman–Crippen LogP) is 3.96. The van der Waals surface area contributed by atoms with Gasteiger partial charge in [-0.2, -0.15) is 0 Å². The van der Waals surface area contributed by atoms with E-state index in [4.69, 9.17) is 11.6 Å². The third-order valence-corrected chi connectivity index (χ3v) is 6.21. The van der Waals surface area contributed by atoms with E-state index in [2.05, 4.69) is 20.3 Å². The smallest absolute Gasteiger partial charge is 0.235 e. The van der Waals surface area contributed by atoms with Gasteiger partial charge in [-0.25, -0.2) is 15.0 Å². The minimum Gasteiger partial charge on any atom is -0.310 e. The van der Waals surface area contributed by atoms with Crippen molar-refractivity contribution in [3.63, 3.8) is 0 Å². The zero-order valence-corrected chi connectivity index (χ0v) is 15.0. The Bertz CT molecular complexity index is 910. The average Bonchev–Trinajstić information content (AvgIpc) is 3.16. The molecule has 0 bridgehead atoms. The van der Waals surface area contributed by atoms with Crippen LogP contribution in [-0.2, 0) is 17.6 Å². The number of fused-ring (bicyclic) bond motifs is 3. The maximum absolute atomic E-state index is 12.1. The van der Waals surface area contributed by atoms with Crippen molar-refractivity contribution < 1.29 is 4.79 Å². The van der Waals surface area contributed by atoms with Crippen molar-refractivity contribution in [1.82, 2.24) is 15.0 Å². The Kier molecular flexibility index (Phi) is 4.39. The molecule has 0 aromatic carbocycles. The SMILES string of the molecule is O=C(CSc1ncnc2sc3c(c12)CCC3)Nc1ccc(Cl)cn1. The molecule has 3 aromatic rings. The normalized spacial score (nSPS) is 13.2. The summed E-state index contributed by atoms with van der Waals surface area (Å²) in [7, 11) is 0. The fourth-order valence-corrected chi connectivity index (χ4v) is 5.00. The van der Waals surface area contributed by atoms with Crippen LogP contribution in [-0.4, -0.2) is 26.6 Å². The van der Waals surface area contributed by atoms with Crippen LogP contribution < -0.4 is 5.32 Å². The lowest BCUT2D eigenvalue weighted by molar-refractivity contribution is -0.113. The summed E-state index contributed by atoms with van der Waals surface area (Å²) in [4.78, 5) is 27.4. The van der Waals surface area contributed by atoms with Gasteiger partial charge in [-0.3, -0.25) is 4.79 Å². The van der Waals surface area contributed by atoms with Crippen LogP contribution in [0.1, 0.15) is 16.9 Å². The fraction of sp³-hybridized carbons (Fsp3) is 0.250. The second kappa shape index (κ2) is 6.66. The molecule has 0 fully saturated rings. The number of aromatic nitrogens is 3. The Morgan fingerprint density at radius 3 is 3.04 bits per heavy atom. The Hall–Kier alpha value is -1.70. The molecule has 5 nitrogen and oxygen atoms in total. The molecule has 122 valence electrons. The number of amides is 1. The Balaban J connectivity index is 1.48. The number of carbonyl (C=O) groups is 1. The van der Waals surface area contributed by atoms with Gasteiger partial charge in [0.25, 0.3) is 0 Å². The highest BCUT2D eigenvalue weighted by molar-refractivity contribution is 8.00. The van der Waals surface area contributed by atoms with Crippen molar-refractivity contribution in [2.24, 2.45) is 0 Å². The van der Waals surface area contributed by atoms with Gasteiger partial charge in [0, 0.05) is 16.5 Å². The summed E-state index contributed by atoms with van der Waals surface area (Å²) in [6.07, 6.45) is 6.49. The monoisotopic (exact) mass is 376 g/mol. The van der Waals surface area contributed by atoms with E-state index in [1.54, 1.807) is 29.8 Å². The standard InChI is InChI=1S/C16H13ClN4OS2/c17-9-4-5-12(18-6-9)21-13(22)7-23-15-14-10-2-1-3-11(10)24-16(14)20-8-19-15/h4-6,8H,1-3,7H2,(H,18,21,22). The van der Waals surface area contributed by atoms with E-state index in [1.807, 2.05) is 0 Å². The first-order valence-electron chi connectivity index (χ1n) is 7.50. The van der Waals surface area contributed by atoms with Gasteiger partial charge in [0.05, 0.1) is 10.8 Å². The highest BCUT2D eigenvalue weighted by Crippen LogP contribution is 2.39. The first kappa shape index (κ1) is 15.8. The van der Waals surface area contributed by atoms with Crippen molar-refractivity contribution in [2.45, 2.75) is 24.3 Å². The number of hydrogen-bond acceptors (Lipinski definition) is 6. The van der Waals surface area contributed by atoms with Gasteiger partial charge in [-0.1, -0.05) is 23.4 Å². The van der Waals surface area contributed by atoms with E-state index in [0.717, 1.165) is 28.1 Å². The second-order valence-corrected chi connectivity index (χ2v) is 7.90. The molecular weight excluding hydrogens is 364 g/mol. The summed E-state index contributed by atoms with van der Waals surface area (Å²) in [5.41, 5.74) is 1.37. The van der Waals surface area contributed by atoms with E-state index in [1.165, 1.54) is 34.8 Å². The average molecular weight is 377 g/mol. The molecule has 0 atom stereocenters. The largest absolute Gasteiger partial charge is 0.310 e. The molecule has 4 rings (SSSR count). The summed E-state index contributed by atoms with van der Waals surface area (Å²) in [6, 6.07) is 3.37. The molecule has 1 N–H and O–H groups in total. The van der Waals surface area contributed by atoms with Crippen molar-refractivity contribution in [2.75, 3.05) is 11.1 Å². The summed E-state index contributed by atoms with van der Waals surface area (Å²) >= 11 is 8.98. The Labute approximate surface area is 151 Å². The first-order chi connectivity index (χ1) is 11.7. The molecule has 3 aromatic heterocycles. The van der Waals surface area contributed by atoms with Gasteiger partial charge in [-0.15, -0.1) is 11.3 Å². The lowest BCUT2D eigenvalue weighted by Crippen LogP contribution is -2.15. The van der Waals surface area contributed by atoms with Gasteiger partial charge >= 0.3 is 0 Å². The molecule has 1 amide bonds. The van der Waals surface area contributed by atoms with Crippen molar-refractivity contribution in [3.05, 3.63) is 40.1 Å². The third-order valence-electron chi connectivity index (χ3n) is 3.80. The summed E-state index contributed by atoms with van der Waals surface area (Å²) < 4.78 is 0. The van der Waals surface area contributed by atoms with Gasteiger partial charge in [0.2, 0.25) is 5.91 Å². The van der Waals surface area contributed by atoms with Crippen LogP contribution in [0.3, 0.4) is 0 Å². The molecule has 0 spiro atoms. The van der Waals surface area contributed by atoms with E-state index < -0.39 is 0 Å². The molecule has 0 aliphatic heterocycles. The number of halogens is 1. The summed E-state index contributed by atoms with van der Waals surface area (Å²) in [6.45, 7) is 0. The second-order valence-electron chi connectivity index (χ2n) is 5.41. The highest BCUT2D eigenvalue weighted by atomic mass is 35.5. The number of nitrogens with zero attached hydrogens (tertiary/aromatic N) is 3. The molecule has 1 aliphatic carbocycles. The topological polar surface area (TPSA) is 67.8 Å². The molecule has 1 aliphatic rings. The Morgan fingerprint density at radius 1 is 1.29 bits per heavy atom. The molecule has 0 unspecified atom stereocenters. The molecule has 0 saturated carbocycles. The molecule has 24 heavy (non-hydrogen) atoms. The molecule has 3 heterocycles. The van der Waals surface area contributed by atoms with Crippen molar-refractivity contribution in [3.8, 4) is 0 Å². The van der Waals surface area contributed by atoms with Crippen LogP contribution in [0, 0.1) is 0 Å². The van der Waals surface area contributed by atoms with Gasteiger partial charge in [-0.05, 0) is 37.0 Å². The summed E-state index contributed by atoms with van der Waals surface area (Å²) in [5, 5.41) is 5.33. The first-order valence-corrected chi connectivity index (χ1v) is 9.68. The highest BCUT2D eigenvalue weighted by Gasteiger charge is 2.21. The van der Waals surface area contributed by atoms with Crippen molar-refractivity contribution >= 4 is 56.6 Å². The number of nitrogens with one attached hydrogen (secondary N) is 1. The summed E-state index contributed by atoms with van der Waals surface area (Å²) in [5.74, 6) is 0.656. The Morgan fingerprint density at radius 2 is 2.21 bits per heavy atom. The van der Waals surface area contributed by atoms with E-state index in [9.17, 15) is 4.79 Å². The number of thioether (sulfide) groups is 1.